The highest BCUT2D eigenvalue weighted by atomic mass is 15.0. The number of fused-ring (bicyclic) bond motifs is 5. The molecule has 9 rings (SSSR count). The van der Waals surface area contributed by atoms with E-state index in [0.29, 0.717) is 11.1 Å². The van der Waals surface area contributed by atoms with Gasteiger partial charge >= 0.3 is 0 Å². The first kappa shape index (κ1) is 28.3. The van der Waals surface area contributed by atoms with Crippen molar-refractivity contribution < 1.29 is 0 Å². The monoisotopic (exact) mass is 621 g/mol. The van der Waals surface area contributed by atoms with Crippen molar-refractivity contribution in [2.75, 3.05) is 0 Å². The third kappa shape index (κ3) is 4.49. The van der Waals surface area contributed by atoms with Crippen LogP contribution in [0.4, 0.5) is 0 Å². The summed E-state index contributed by atoms with van der Waals surface area (Å²) in [4.78, 5) is 0. The third-order valence-electron chi connectivity index (χ3n) is 9.61. The Kier molecular flexibility index (Phi) is 6.58. The van der Waals surface area contributed by atoms with Crippen molar-refractivity contribution in [1.82, 2.24) is 4.57 Å². The van der Waals surface area contributed by atoms with Gasteiger partial charge in [0.25, 0.3) is 0 Å². The molecule has 0 atom stereocenters. The van der Waals surface area contributed by atoms with Crippen LogP contribution in [0.5, 0.6) is 0 Å². The van der Waals surface area contributed by atoms with E-state index in [1.54, 1.807) is 0 Å². The van der Waals surface area contributed by atoms with Gasteiger partial charge in [-0.1, -0.05) is 121 Å². The minimum Gasteiger partial charge on any atom is -0.309 e. The summed E-state index contributed by atoms with van der Waals surface area (Å²) in [5.74, 6) is 0. The Bertz CT molecular complexity index is 2790. The SMILES string of the molecule is N#Cc1cc(-c2ccccc2-c2c3ccccc3c(-c3ccccc3)c3ccccc23)cc(-n2c3ccccc3c3cc(C#N)ccc32)c1. The highest BCUT2D eigenvalue weighted by Gasteiger charge is 2.20. The molecule has 0 N–H and O–H groups in total. The summed E-state index contributed by atoms with van der Waals surface area (Å²) in [5, 5.41) is 26.8. The van der Waals surface area contributed by atoms with E-state index in [4.69, 9.17) is 0 Å². The van der Waals surface area contributed by atoms with E-state index in [2.05, 4.69) is 138 Å². The van der Waals surface area contributed by atoms with Gasteiger partial charge in [-0.3, -0.25) is 0 Å². The molecule has 0 fully saturated rings. The highest BCUT2D eigenvalue weighted by Crippen LogP contribution is 2.46. The lowest BCUT2D eigenvalue weighted by atomic mass is 9.83. The predicted molar refractivity (Wildman–Crippen MR) is 202 cm³/mol. The molecule has 8 aromatic carbocycles. The predicted octanol–water partition coefficient (Wildman–Crippen LogP) is 11.8. The summed E-state index contributed by atoms with van der Waals surface area (Å²) in [5.41, 5.74) is 10.8. The van der Waals surface area contributed by atoms with Gasteiger partial charge < -0.3 is 4.57 Å². The maximum Gasteiger partial charge on any atom is 0.0992 e. The van der Waals surface area contributed by atoms with Gasteiger partial charge in [0.2, 0.25) is 0 Å². The maximum atomic E-state index is 10.3. The van der Waals surface area contributed by atoms with Crippen LogP contribution in [-0.2, 0) is 0 Å². The van der Waals surface area contributed by atoms with Crippen LogP contribution in [0.3, 0.4) is 0 Å². The van der Waals surface area contributed by atoms with Crippen molar-refractivity contribution in [1.29, 1.82) is 10.5 Å². The van der Waals surface area contributed by atoms with Gasteiger partial charge in [0.1, 0.15) is 0 Å². The third-order valence-corrected chi connectivity index (χ3v) is 9.61. The molecule has 0 bridgehead atoms. The first-order valence-corrected chi connectivity index (χ1v) is 16.3. The molecule has 0 saturated heterocycles. The summed E-state index contributed by atoms with van der Waals surface area (Å²) >= 11 is 0. The van der Waals surface area contributed by atoms with E-state index in [9.17, 15) is 10.5 Å². The van der Waals surface area contributed by atoms with Gasteiger partial charge in [-0.2, -0.15) is 10.5 Å². The standard InChI is InChI=1S/C46H27N3/c47-28-30-22-23-44-42(26-30)36-15-10-11-21-43(36)49(44)34-25-31(29-48)24-33(27-34)35-14-4-5-16-37(35)46-40-19-8-6-17-38(40)45(32-12-2-1-3-13-32)39-18-7-9-20-41(39)46/h1-27H. The fourth-order valence-corrected chi connectivity index (χ4v) is 7.57. The number of hydrogen-bond acceptors (Lipinski definition) is 2. The van der Waals surface area contributed by atoms with Crippen molar-refractivity contribution in [3.05, 3.63) is 175 Å². The number of nitrogens with zero attached hydrogens (tertiary/aromatic N) is 3. The van der Waals surface area contributed by atoms with Crippen LogP contribution in [-0.4, -0.2) is 4.57 Å². The Balaban J connectivity index is 1.34. The van der Waals surface area contributed by atoms with Crippen LogP contribution in [0, 0.1) is 22.7 Å². The first-order chi connectivity index (χ1) is 24.2. The zero-order chi connectivity index (χ0) is 32.9. The van der Waals surface area contributed by atoms with Crippen molar-refractivity contribution in [2.45, 2.75) is 0 Å². The van der Waals surface area contributed by atoms with Gasteiger partial charge in [0.05, 0.1) is 34.3 Å². The molecule has 0 unspecified atom stereocenters. The first-order valence-electron chi connectivity index (χ1n) is 16.3. The Morgan fingerprint density at radius 2 is 0.918 bits per heavy atom. The quantitative estimate of drug-likeness (QED) is 0.184. The molecule has 0 aliphatic rings. The second kappa shape index (κ2) is 11.4. The molecule has 0 amide bonds. The van der Waals surface area contributed by atoms with Crippen LogP contribution < -0.4 is 0 Å². The van der Waals surface area contributed by atoms with Gasteiger partial charge in [-0.05, 0) is 97.4 Å². The number of para-hydroxylation sites is 1. The molecule has 0 radical (unpaired) electrons. The van der Waals surface area contributed by atoms with Crippen LogP contribution in [0.2, 0.25) is 0 Å². The second-order valence-electron chi connectivity index (χ2n) is 12.3. The number of rotatable bonds is 4. The minimum atomic E-state index is 0.580. The van der Waals surface area contributed by atoms with E-state index < -0.39 is 0 Å². The maximum absolute atomic E-state index is 10.3. The van der Waals surface area contributed by atoms with Crippen LogP contribution in [0.1, 0.15) is 11.1 Å². The summed E-state index contributed by atoms with van der Waals surface area (Å²) in [6.45, 7) is 0. The zero-order valence-corrected chi connectivity index (χ0v) is 26.4. The van der Waals surface area contributed by atoms with Crippen molar-refractivity contribution >= 4 is 43.4 Å². The topological polar surface area (TPSA) is 52.5 Å². The normalized spacial score (nSPS) is 11.2. The van der Waals surface area contributed by atoms with E-state index >= 15 is 0 Å². The molecular formula is C46H27N3. The minimum absolute atomic E-state index is 0.580. The summed E-state index contributed by atoms with van der Waals surface area (Å²) in [6, 6.07) is 61.5. The van der Waals surface area contributed by atoms with E-state index in [-0.39, 0.29) is 0 Å². The molecule has 0 aliphatic heterocycles. The number of benzene rings is 8. The summed E-state index contributed by atoms with van der Waals surface area (Å²) in [6.07, 6.45) is 0. The smallest absolute Gasteiger partial charge is 0.0992 e. The molecule has 1 heterocycles. The van der Waals surface area contributed by atoms with Crippen molar-refractivity contribution in [3.63, 3.8) is 0 Å². The molecule has 9 aromatic rings. The molecule has 0 aliphatic carbocycles. The van der Waals surface area contributed by atoms with Crippen LogP contribution in [0.15, 0.2) is 164 Å². The molecule has 3 heteroatoms. The number of aromatic nitrogens is 1. The highest BCUT2D eigenvalue weighted by molar-refractivity contribution is 6.22. The van der Waals surface area contributed by atoms with Gasteiger partial charge in [0, 0.05) is 16.5 Å². The molecule has 3 nitrogen and oxygen atoms in total. The Morgan fingerprint density at radius 3 is 1.59 bits per heavy atom. The molecule has 226 valence electrons. The van der Waals surface area contributed by atoms with E-state index in [0.717, 1.165) is 44.2 Å². The van der Waals surface area contributed by atoms with Gasteiger partial charge in [0.15, 0.2) is 0 Å². The van der Waals surface area contributed by atoms with Gasteiger partial charge in [-0.25, -0.2) is 0 Å². The average Bonchev–Trinajstić information content (AvgIpc) is 3.50. The molecular weight excluding hydrogens is 595 g/mol. The molecule has 49 heavy (non-hydrogen) atoms. The fraction of sp³-hybridized carbons (Fsp3) is 0. The largest absolute Gasteiger partial charge is 0.309 e. The van der Waals surface area contributed by atoms with Crippen molar-refractivity contribution in [3.8, 4) is 51.2 Å². The Hall–Kier alpha value is -6.94. The zero-order valence-electron chi connectivity index (χ0n) is 26.4. The second-order valence-corrected chi connectivity index (χ2v) is 12.3. The van der Waals surface area contributed by atoms with Crippen molar-refractivity contribution in [2.24, 2.45) is 0 Å². The fourth-order valence-electron chi connectivity index (χ4n) is 7.57. The van der Waals surface area contributed by atoms with Gasteiger partial charge in [-0.15, -0.1) is 0 Å². The lowest BCUT2D eigenvalue weighted by Crippen LogP contribution is -1.97. The van der Waals surface area contributed by atoms with Crippen LogP contribution in [0.25, 0.3) is 82.4 Å². The lowest BCUT2D eigenvalue weighted by molar-refractivity contribution is 1.18. The van der Waals surface area contributed by atoms with E-state index in [1.165, 1.54) is 38.2 Å². The van der Waals surface area contributed by atoms with E-state index in [1.807, 2.05) is 42.5 Å². The van der Waals surface area contributed by atoms with Crippen LogP contribution >= 0.6 is 0 Å². The lowest BCUT2D eigenvalue weighted by Gasteiger charge is -2.20. The molecule has 0 saturated carbocycles. The number of hydrogen-bond donors (Lipinski definition) is 0. The molecule has 0 spiro atoms. The number of nitriles is 2. The Morgan fingerprint density at radius 1 is 0.367 bits per heavy atom. The Labute approximate surface area is 283 Å². The average molecular weight is 622 g/mol. The summed E-state index contributed by atoms with van der Waals surface area (Å²) < 4.78 is 2.21. The molecule has 1 aromatic heterocycles. The summed E-state index contributed by atoms with van der Waals surface area (Å²) in [7, 11) is 0.